The van der Waals surface area contributed by atoms with Gasteiger partial charge in [0.25, 0.3) is 0 Å². The zero-order valence-corrected chi connectivity index (χ0v) is 19.5. The van der Waals surface area contributed by atoms with Gasteiger partial charge in [0.2, 0.25) is 17.7 Å². The number of benzene rings is 1. The smallest absolute Gasteiger partial charge is 0.322 e. The molecule has 0 aliphatic rings. The molecule has 1 heterocycles. The SMILES string of the molecule is CC[C@H](C)[C@H](N)C(=O)N[C@@H](CS)C(=O)N[C@@H](Cc1c[nH]c2ccccc12)C(=O)NCC(=O)O. The number of carboxylic acid groups (broad SMARTS) is 1. The maximum Gasteiger partial charge on any atom is 0.322 e. The average molecular weight is 478 g/mol. The van der Waals surface area contributed by atoms with Crippen molar-refractivity contribution >= 4 is 47.2 Å². The van der Waals surface area contributed by atoms with Gasteiger partial charge >= 0.3 is 5.97 Å². The van der Waals surface area contributed by atoms with Crippen molar-refractivity contribution in [3.63, 3.8) is 0 Å². The van der Waals surface area contributed by atoms with Crippen LogP contribution in [0.2, 0.25) is 0 Å². The third-order valence-electron chi connectivity index (χ3n) is 5.52. The normalized spacial score (nSPS) is 14.7. The molecule has 3 amide bonds. The van der Waals surface area contributed by atoms with Crippen molar-refractivity contribution < 1.29 is 24.3 Å². The summed E-state index contributed by atoms with van der Waals surface area (Å²) in [5, 5.41) is 17.3. The number of carboxylic acids is 1. The number of fused-ring (bicyclic) bond motifs is 1. The predicted molar refractivity (Wildman–Crippen MR) is 128 cm³/mol. The van der Waals surface area contributed by atoms with Gasteiger partial charge in [0.05, 0.1) is 6.04 Å². The molecule has 180 valence electrons. The summed E-state index contributed by atoms with van der Waals surface area (Å²) in [5.74, 6) is -3.06. The lowest BCUT2D eigenvalue weighted by Gasteiger charge is -2.24. The van der Waals surface area contributed by atoms with Gasteiger partial charge in [-0.25, -0.2) is 0 Å². The molecule has 11 heteroatoms. The van der Waals surface area contributed by atoms with Gasteiger partial charge in [-0.1, -0.05) is 38.5 Å². The van der Waals surface area contributed by atoms with Gasteiger partial charge in [-0.15, -0.1) is 0 Å². The Morgan fingerprint density at radius 1 is 1.09 bits per heavy atom. The lowest BCUT2D eigenvalue weighted by molar-refractivity contribution is -0.138. The first kappa shape index (κ1) is 26.2. The Bertz CT molecular complexity index is 994. The molecule has 33 heavy (non-hydrogen) atoms. The van der Waals surface area contributed by atoms with Crippen LogP contribution in [0.3, 0.4) is 0 Å². The number of amides is 3. The van der Waals surface area contributed by atoms with Crippen molar-refractivity contribution in [3.8, 4) is 0 Å². The Labute approximate surface area is 197 Å². The number of aromatic amines is 1. The maximum absolute atomic E-state index is 12.9. The summed E-state index contributed by atoms with van der Waals surface area (Å²) in [4.78, 5) is 52.0. The van der Waals surface area contributed by atoms with Crippen LogP contribution in [0, 0.1) is 5.92 Å². The number of nitrogens with one attached hydrogen (secondary N) is 4. The van der Waals surface area contributed by atoms with Crippen LogP contribution in [0.1, 0.15) is 25.8 Å². The number of aliphatic carboxylic acids is 1. The third-order valence-corrected chi connectivity index (χ3v) is 5.89. The fraction of sp³-hybridized carbons (Fsp3) is 0.455. The highest BCUT2D eigenvalue weighted by Gasteiger charge is 2.29. The maximum atomic E-state index is 12.9. The Hall–Kier alpha value is -3.05. The van der Waals surface area contributed by atoms with E-state index < -0.39 is 48.4 Å². The van der Waals surface area contributed by atoms with Crippen molar-refractivity contribution in [2.24, 2.45) is 11.7 Å². The minimum Gasteiger partial charge on any atom is -0.480 e. The Kier molecular flexibility index (Phi) is 9.74. The molecule has 1 aromatic carbocycles. The van der Waals surface area contributed by atoms with E-state index in [9.17, 15) is 19.2 Å². The van der Waals surface area contributed by atoms with Crippen LogP contribution in [0.25, 0.3) is 10.9 Å². The quantitative estimate of drug-likeness (QED) is 0.215. The first-order valence-electron chi connectivity index (χ1n) is 10.7. The third kappa shape index (κ3) is 7.22. The van der Waals surface area contributed by atoms with E-state index in [1.54, 1.807) is 6.20 Å². The van der Waals surface area contributed by atoms with Crippen LogP contribution in [0.5, 0.6) is 0 Å². The van der Waals surface area contributed by atoms with Gasteiger partial charge in [-0.2, -0.15) is 12.6 Å². The molecule has 10 nitrogen and oxygen atoms in total. The number of carbonyl (C=O) groups excluding carboxylic acids is 3. The number of hydrogen-bond acceptors (Lipinski definition) is 6. The molecule has 0 aliphatic carbocycles. The minimum atomic E-state index is -1.21. The van der Waals surface area contributed by atoms with E-state index in [1.807, 2.05) is 38.1 Å². The van der Waals surface area contributed by atoms with Crippen LogP contribution in [0.15, 0.2) is 30.5 Å². The molecule has 0 unspecified atom stereocenters. The molecule has 0 saturated carbocycles. The molecule has 2 rings (SSSR count). The zero-order valence-electron chi connectivity index (χ0n) is 18.6. The first-order valence-corrected chi connectivity index (χ1v) is 11.3. The van der Waals surface area contributed by atoms with Crippen molar-refractivity contribution in [2.75, 3.05) is 12.3 Å². The number of H-pyrrole nitrogens is 1. The van der Waals surface area contributed by atoms with Crippen LogP contribution in [0.4, 0.5) is 0 Å². The molecular formula is C22H31N5O5S. The highest BCUT2D eigenvalue weighted by atomic mass is 32.1. The van der Waals surface area contributed by atoms with Gasteiger partial charge in [0.15, 0.2) is 0 Å². The Balaban J connectivity index is 2.17. The van der Waals surface area contributed by atoms with E-state index in [1.165, 1.54) is 0 Å². The van der Waals surface area contributed by atoms with E-state index in [0.29, 0.717) is 6.42 Å². The molecule has 1 aromatic heterocycles. The second-order valence-corrected chi connectivity index (χ2v) is 8.26. The largest absolute Gasteiger partial charge is 0.480 e. The van der Waals surface area contributed by atoms with E-state index in [2.05, 4.69) is 33.6 Å². The zero-order chi connectivity index (χ0) is 24.5. The number of nitrogens with two attached hydrogens (primary N) is 1. The van der Waals surface area contributed by atoms with Gasteiger partial charge in [-0.05, 0) is 17.5 Å². The molecular weight excluding hydrogens is 446 g/mol. The summed E-state index contributed by atoms with van der Waals surface area (Å²) in [6.07, 6.45) is 2.54. The number of carbonyl (C=O) groups is 4. The van der Waals surface area contributed by atoms with Gasteiger partial charge in [0.1, 0.15) is 18.6 Å². The van der Waals surface area contributed by atoms with Crippen molar-refractivity contribution in [2.45, 2.75) is 44.8 Å². The van der Waals surface area contributed by atoms with E-state index >= 15 is 0 Å². The highest BCUT2D eigenvalue weighted by molar-refractivity contribution is 7.80. The number of rotatable bonds is 12. The Morgan fingerprint density at radius 2 is 1.76 bits per heavy atom. The summed E-state index contributed by atoms with van der Waals surface area (Å²) in [5.41, 5.74) is 7.58. The van der Waals surface area contributed by atoms with E-state index in [0.717, 1.165) is 16.5 Å². The van der Waals surface area contributed by atoms with Crippen LogP contribution in [-0.2, 0) is 25.6 Å². The summed E-state index contributed by atoms with van der Waals surface area (Å²) in [6, 6.07) is 4.60. The second-order valence-electron chi connectivity index (χ2n) is 7.89. The van der Waals surface area contributed by atoms with Crippen LogP contribution in [-0.4, -0.2) is 64.2 Å². The number of hydrogen-bond donors (Lipinski definition) is 7. The molecule has 7 N–H and O–H groups in total. The van der Waals surface area contributed by atoms with Crippen molar-refractivity contribution in [1.29, 1.82) is 0 Å². The number of para-hydroxylation sites is 1. The minimum absolute atomic E-state index is 0.0125. The lowest BCUT2D eigenvalue weighted by atomic mass is 9.99. The molecule has 0 saturated heterocycles. The molecule has 0 spiro atoms. The van der Waals surface area contributed by atoms with Crippen LogP contribution >= 0.6 is 12.6 Å². The molecule has 0 radical (unpaired) electrons. The molecule has 0 fully saturated rings. The molecule has 4 atom stereocenters. The summed E-state index contributed by atoms with van der Waals surface area (Å²) in [6.45, 7) is 3.16. The predicted octanol–water partition coefficient (Wildman–Crippen LogP) is 0.184. The van der Waals surface area contributed by atoms with Gasteiger partial charge in [-0.3, -0.25) is 19.2 Å². The van der Waals surface area contributed by atoms with Gasteiger partial charge < -0.3 is 31.8 Å². The fourth-order valence-electron chi connectivity index (χ4n) is 3.26. The topological polar surface area (TPSA) is 166 Å². The average Bonchev–Trinajstić information content (AvgIpc) is 3.21. The molecule has 0 aliphatic heterocycles. The molecule has 0 bridgehead atoms. The van der Waals surface area contributed by atoms with E-state index in [-0.39, 0.29) is 18.1 Å². The van der Waals surface area contributed by atoms with Crippen molar-refractivity contribution in [1.82, 2.24) is 20.9 Å². The Morgan fingerprint density at radius 3 is 2.39 bits per heavy atom. The van der Waals surface area contributed by atoms with Gasteiger partial charge in [0, 0.05) is 29.3 Å². The monoisotopic (exact) mass is 477 g/mol. The van der Waals surface area contributed by atoms with Crippen molar-refractivity contribution in [3.05, 3.63) is 36.0 Å². The second kappa shape index (κ2) is 12.3. The summed E-state index contributed by atoms with van der Waals surface area (Å²) >= 11 is 4.15. The standard InChI is InChI=1S/C22H31N5O5S/c1-3-12(2)19(23)22(32)27-17(11-33)21(31)26-16(20(30)25-10-18(28)29)8-13-9-24-15-7-5-4-6-14(13)15/h4-7,9,12,16-17,19,24,33H,3,8,10-11,23H2,1-2H3,(H,25,30)(H,26,31)(H,27,32)(H,28,29)/t12-,16-,17-,19-/m0/s1. The number of aromatic nitrogens is 1. The first-order chi connectivity index (χ1) is 15.7. The highest BCUT2D eigenvalue weighted by Crippen LogP contribution is 2.19. The van der Waals surface area contributed by atoms with Crippen LogP contribution < -0.4 is 21.7 Å². The number of thiol groups is 1. The molecule has 2 aromatic rings. The summed E-state index contributed by atoms with van der Waals surface area (Å²) < 4.78 is 0. The summed E-state index contributed by atoms with van der Waals surface area (Å²) in [7, 11) is 0. The van der Waals surface area contributed by atoms with E-state index in [4.69, 9.17) is 10.8 Å². The fourth-order valence-corrected chi connectivity index (χ4v) is 3.52. The lowest BCUT2D eigenvalue weighted by Crippen LogP contribution is -2.57.